The lowest BCUT2D eigenvalue weighted by molar-refractivity contribution is -0.223. The first-order chi connectivity index (χ1) is 28.6. The Balaban J connectivity index is 1.03. The molecule has 2 aromatic carbocycles. The third-order valence-electron chi connectivity index (χ3n) is 16.5. The molecule has 5 fully saturated rings. The molecule has 326 valence electrons. The van der Waals surface area contributed by atoms with Crippen molar-refractivity contribution in [1.82, 2.24) is 20.0 Å². The van der Waals surface area contributed by atoms with Crippen LogP contribution in [-0.2, 0) is 42.8 Å². The summed E-state index contributed by atoms with van der Waals surface area (Å²) in [6, 6.07) is 10.2. The number of likely N-dealkylation sites (tertiary alicyclic amines) is 3. The van der Waals surface area contributed by atoms with Crippen LogP contribution in [-0.4, -0.2) is 140 Å². The summed E-state index contributed by atoms with van der Waals surface area (Å²) in [5.41, 5.74) is -0.377. The van der Waals surface area contributed by atoms with Crippen LogP contribution in [0.25, 0.3) is 0 Å². The standard InChI is InChI=1S/C47H64N4O9/c1-28(2)26-48-42(56)18-31-22-47(59)41-17-30-5-7-34(53)20-36(30)44(47,24-38(31)55)11-15-51(41)27-60-39-25-45-10-14-49(3)40(16-29-4-6-35(54)21-37(29)45)46(45,58)23-32(39)19-43(57)50-12-8-33(52)9-13-50/h4-7,20-21,28,31-33,39-41,52-54,58-59H,8-19,22-27H2,1-3H3,(H,48,56)/t31-,32-,39?,40+,41+,44+,45+,46+,47+/m0/s1. The average molecular weight is 829 g/mol. The molecule has 6 N–H and O–H groups in total. The lowest BCUT2D eigenvalue weighted by Crippen LogP contribution is -2.75. The van der Waals surface area contributed by atoms with Crippen molar-refractivity contribution in [3.05, 3.63) is 58.7 Å². The Morgan fingerprint density at radius 2 is 1.48 bits per heavy atom. The molecule has 13 heteroatoms. The third-order valence-corrected chi connectivity index (χ3v) is 16.5. The number of Topliss-reactive ketones (excluding diaryl/α,β-unsaturated/α-hetero) is 1. The Bertz CT molecular complexity index is 2020. The van der Waals surface area contributed by atoms with E-state index in [1.807, 2.05) is 36.9 Å². The zero-order valence-electron chi connectivity index (χ0n) is 35.4. The molecule has 2 amide bonds. The van der Waals surface area contributed by atoms with E-state index in [9.17, 15) is 39.9 Å². The molecule has 0 spiro atoms. The molecule has 1 unspecified atom stereocenters. The molecule has 60 heavy (non-hydrogen) atoms. The van der Waals surface area contributed by atoms with Gasteiger partial charge in [0.1, 0.15) is 17.3 Å². The van der Waals surface area contributed by atoms with Crippen molar-refractivity contribution in [3.8, 4) is 11.5 Å². The molecule has 2 saturated carbocycles. The van der Waals surface area contributed by atoms with Crippen LogP contribution in [0.5, 0.6) is 11.5 Å². The molecule has 2 aromatic rings. The van der Waals surface area contributed by atoms with Gasteiger partial charge in [0.2, 0.25) is 11.8 Å². The second-order valence-corrected chi connectivity index (χ2v) is 20.2. The van der Waals surface area contributed by atoms with Gasteiger partial charge in [-0.2, -0.15) is 0 Å². The summed E-state index contributed by atoms with van der Waals surface area (Å²) in [6.45, 7) is 6.96. The summed E-state index contributed by atoms with van der Waals surface area (Å²) >= 11 is 0. The molecule has 9 atom stereocenters. The van der Waals surface area contributed by atoms with Gasteiger partial charge in [-0.1, -0.05) is 26.0 Å². The number of amides is 2. The smallest absolute Gasteiger partial charge is 0.222 e. The fraction of sp³-hybridized carbons (Fsp3) is 0.681. The summed E-state index contributed by atoms with van der Waals surface area (Å²) in [4.78, 5) is 47.5. The number of nitrogens with one attached hydrogen (secondary N) is 1. The van der Waals surface area contributed by atoms with Crippen LogP contribution in [0, 0.1) is 17.8 Å². The van der Waals surface area contributed by atoms with E-state index >= 15 is 0 Å². The van der Waals surface area contributed by atoms with Gasteiger partial charge in [-0.05, 0) is 130 Å². The number of benzene rings is 2. The van der Waals surface area contributed by atoms with E-state index in [1.54, 1.807) is 18.2 Å². The van der Waals surface area contributed by atoms with Crippen LogP contribution in [0.15, 0.2) is 36.4 Å². The van der Waals surface area contributed by atoms with Crippen LogP contribution in [0.3, 0.4) is 0 Å². The first kappa shape index (κ1) is 41.7. The Morgan fingerprint density at radius 3 is 2.17 bits per heavy atom. The second-order valence-electron chi connectivity index (χ2n) is 20.2. The van der Waals surface area contributed by atoms with E-state index in [0.29, 0.717) is 77.5 Å². The number of carbonyl (C=O) groups excluding carboxylic acids is 3. The van der Waals surface area contributed by atoms with Crippen molar-refractivity contribution >= 4 is 17.6 Å². The van der Waals surface area contributed by atoms with Crippen molar-refractivity contribution in [2.75, 3.05) is 46.5 Å². The number of piperidine rings is 3. The van der Waals surface area contributed by atoms with E-state index in [4.69, 9.17) is 4.74 Å². The van der Waals surface area contributed by atoms with Crippen molar-refractivity contribution in [3.63, 3.8) is 0 Å². The predicted octanol–water partition coefficient (Wildman–Crippen LogP) is 2.89. The summed E-state index contributed by atoms with van der Waals surface area (Å²) in [6.07, 6.45) is 3.64. The molecule has 3 saturated heterocycles. The number of phenolic OH excluding ortho intramolecular Hbond substituents is 2. The number of nitrogens with zero attached hydrogens (tertiary/aromatic N) is 3. The number of phenols is 2. The van der Waals surface area contributed by atoms with Gasteiger partial charge in [0.15, 0.2) is 0 Å². The van der Waals surface area contributed by atoms with Crippen molar-refractivity contribution in [1.29, 1.82) is 0 Å². The Morgan fingerprint density at radius 1 is 0.850 bits per heavy atom. The highest BCUT2D eigenvalue weighted by Crippen LogP contribution is 2.62. The van der Waals surface area contributed by atoms with E-state index in [-0.39, 0.29) is 79.4 Å². The lowest BCUT2D eigenvalue weighted by atomic mass is 9.47. The van der Waals surface area contributed by atoms with Gasteiger partial charge in [0, 0.05) is 74.3 Å². The Labute approximate surface area is 353 Å². The Hall–Kier alpha value is -3.59. The number of likely N-dealkylation sites (N-methyl/N-ethyl adjacent to an activating group) is 1. The molecule has 4 aliphatic carbocycles. The number of aromatic hydroxyl groups is 2. The molecule has 0 radical (unpaired) electrons. The van der Waals surface area contributed by atoms with Gasteiger partial charge in [0.25, 0.3) is 0 Å². The van der Waals surface area contributed by atoms with Gasteiger partial charge in [0.05, 0.1) is 30.1 Å². The highest BCUT2D eigenvalue weighted by atomic mass is 16.5. The molecule has 7 aliphatic rings. The van der Waals surface area contributed by atoms with Crippen LogP contribution < -0.4 is 5.32 Å². The van der Waals surface area contributed by atoms with Crippen molar-refractivity contribution in [2.45, 2.75) is 137 Å². The van der Waals surface area contributed by atoms with Crippen LogP contribution >= 0.6 is 0 Å². The first-order valence-electron chi connectivity index (χ1n) is 22.5. The van der Waals surface area contributed by atoms with Crippen LogP contribution in [0.4, 0.5) is 0 Å². The van der Waals surface area contributed by atoms with E-state index in [2.05, 4.69) is 22.2 Å². The highest BCUT2D eigenvalue weighted by Gasteiger charge is 2.68. The van der Waals surface area contributed by atoms with Gasteiger partial charge >= 0.3 is 0 Å². The van der Waals surface area contributed by atoms with E-state index < -0.39 is 46.2 Å². The van der Waals surface area contributed by atoms with Crippen LogP contribution in [0.1, 0.15) is 100 Å². The fourth-order valence-electron chi connectivity index (χ4n) is 13.3. The summed E-state index contributed by atoms with van der Waals surface area (Å²) in [5, 5.41) is 61.0. The molecule has 4 bridgehead atoms. The number of carbonyl (C=O) groups is 3. The zero-order valence-corrected chi connectivity index (χ0v) is 35.4. The SMILES string of the molecule is CC(C)CNC(=O)C[C@H]1C[C@@]2(O)[C@H]3Cc4ccc(O)cc4[C@@]2(CCN3COC2C[C@]34CCN(C)[C@H](Cc5ccc(O)cc53)[C@]4(O)C[C@@H]2CC(=O)N2CCC(O)CC2)CC1=O. The fourth-order valence-corrected chi connectivity index (χ4v) is 13.3. The quantitative estimate of drug-likeness (QED) is 0.219. The van der Waals surface area contributed by atoms with Gasteiger partial charge in [-0.25, -0.2) is 0 Å². The van der Waals surface area contributed by atoms with Crippen molar-refractivity contribution < 1.29 is 44.7 Å². The minimum atomic E-state index is -1.40. The number of aliphatic hydroxyl groups excluding tert-OH is 1. The number of hydrogen-bond donors (Lipinski definition) is 6. The molecule has 3 aliphatic heterocycles. The van der Waals surface area contributed by atoms with Gasteiger partial charge < -0.3 is 45.4 Å². The minimum Gasteiger partial charge on any atom is -0.508 e. The molecule has 0 aromatic heterocycles. The van der Waals surface area contributed by atoms with E-state index in [1.165, 1.54) is 0 Å². The molecule has 9 rings (SSSR count). The predicted molar refractivity (Wildman–Crippen MR) is 222 cm³/mol. The monoisotopic (exact) mass is 828 g/mol. The number of ketones is 1. The van der Waals surface area contributed by atoms with Gasteiger partial charge in [-0.15, -0.1) is 0 Å². The maximum atomic E-state index is 14.1. The second kappa shape index (κ2) is 15.3. The number of ether oxygens (including phenoxy) is 1. The minimum absolute atomic E-state index is 0.00598. The summed E-state index contributed by atoms with van der Waals surface area (Å²) in [5.74, 6) is -0.726. The molecule has 13 nitrogen and oxygen atoms in total. The summed E-state index contributed by atoms with van der Waals surface area (Å²) in [7, 11) is 2.06. The maximum absolute atomic E-state index is 14.1. The summed E-state index contributed by atoms with van der Waals surface area (Å²) < 4.78 is 7.13. The topological polar surface area (TPSA) is 183 Å². The number of rotatable bonds is 9. The van der Waals surface area contributed by atoms with E-state index in [0.717, 1.165) is 28.8 Å². The van der Waals surface area contributed by atoms with Crippen LogP contribution in [0.2, 0.25) is 0 Å². The average Bonchev–Trinajstić information content (AvgIpc) is 3.19. The Kier molecular flexibility index (Phi) is 10.7. The number of hydrogen-bond acceptors (Lipinski definition) is 11. The molecular weight excluding hydrogens is 765 g/mol. The zero-order chi connectivity index (χ0) is 42.4. The number of aliphatic hydroxyl groups is 3. The molecule has 3 heterocycles. The largest absolute Gasteiger partial charge is 0.508 e. The highest BCUT2D eigenvalue weighted by molar-refractivity contribution is 5.89. The van der Waals surface area contributed by atoms with Gasteiger partial charge in [-0.3, -0.25) is 19.3 Å². The lowest BCUT2D eigenvalue weighted by Gasteiger charge is -2.66. The first-order valence-corrected chi connectivity index (χ1v) is 22.5. The normalized spacial score (nSPS) is 36.5. The number of fused-ring (bicyclic) bond motifs is 2. The third kappa shape index (κ3) is 6.68. The van der Waals surface area contributed by atoms with Crippen molar-refractivity contribution in [2.24, 2.45) is 17.8 Å². The maximum Gasteiger partial charge on any atom is 0.222 e. The molecular formula is C47H64N4O9.